The molecular formula is C24H18N4O2. The molecule has 2 N–H and O–H groups in total. The number of anilines is 2. The zero-order valence-electron chi connectivity index (χ0n) is 15.9. The number of aliphatic carboxylic acids is 1. The van der Waals surface area contributed by atoms with Gasteiger partial charge < -0.3 is 10.4 Å². The van der Waals surface area contributed by atoms with Gasteiger partial charge in [-0.3, -0.25) is 0 Å². The fourth-order valence-corrected chi connectivity index (χ4v) is 2.84. The van der Waals surface area contributed by atoms with Gasteiger partial charge in [-0.2, -0.15) is 9.97 Å². The fourth-order valence-electron chi connectivity index (χ4n) is 2.84. The van der Waals surface area contributed by atoms with E-state index in [0.717, 1.165) is 28.5 Å². The third-order valence-corrected chi connectivity index (χ3v) is 4.28. The molecule has 0 aliphatic heterocycles. The Kier molecular flexibility index (Phi) is 5.57. The van der Waals surface area contributed by atoms with Crippen LogP contribution < -0.4 is 5.32 Å². The van der Waals surface area contributed by atoms with Crippen molar-refractivity contribution in [2.75, 3.05) is 5.32 Å². The standard InChI is InChI=1S/C24H18N4O2/c29-21(30)16-13-17-11-14-20(15-12-17)25-24-27-22(18-7-3-1-4-8-18)26-23(28-24)19-9-5-2-6-10-19/h1-16H,(H,29,30)(H,25,26,27,28). The first-order valence-corrected chi connectivity index (χ1v) is 9.32. The average molecular weight is 394 g/mol. The Morgan fingerprint density at radius 3 is 1.77 bits per heavy atom. The van der Waals surface area contributed by atoms with E-state index >= 15 is 0 Å². The van der Waals surface area contributed by atoms with E-state index in [1.807, 2.05) is 84.9 Å². The molecule has 0 amide bonds. The monoisotopic (exact) mass is 394 g/mol. The first kappa shape index (κ1) is 19.0. The molecule has 146 valence electrons. The van der Waals surface area contributed by atoms with E-state index in [1.54, 1.807) is 0 Å². The molecule has 1 heterocycles. The summed E-state index contributed by atoms with van der Waals surface area (Å²) in [6.07, 6.45) is 2.64. The number of hydrogen-bond acceptors (Lipinski definition) is 5. The van der Waals surface area contributed by atoms with Crippen LogP contribution in [0.15, 0.2) is 91.0 Å². The highest BCUT2D eigenvalue weighted by molar-refractivity contribution is 5.85. The van der Waals surface area contributed by atoms with Crippen LogP contribution in [0, 0.1) is 0 Å². The molecule has 0 fully saturated rings. The lowest BCUT2D eigenvalue weighted by atomic mass is 10.2. The minimum absolute atomic E-state index is 0.427. The molecule has 0 saturated carbocycles. The smallest absolute Gasteiger partial charge is 0.328 e. The second kappa shape index (κ2) is 8.79. The third kappa shape index (κ3) is 4.74. The van der Waals surface area contributed by atoms with E-state index in [9.17, 15) is 4.79 Å². The molecule has 4 aromatic rings. The van der Waals surface area contributed by atoms with Gasteiger partial charge in [-0.15, -0.1) is 0 Å². The summed E-state index contributed by atoms with van der Waals surface area (Å²) in [5, 5.41) is 12.0. The number of benzene rings is 3. The van der Waals surface area contributed by atoms with Crippen LogP contribution in [0.2, 0.25) is 0 Å². The summed E-state index contributed by atoms with van der Waals surface area (Å²) >= 11 is 0. The second-order valence-electron chi connectivity index (χ2n) is 6.46. The predicted octanol–water partition coefficient (Wildman–Crippen LogP) is 5.05. The number of nitrogens with zero attached hydrogens (tertiary/aromatic N) is 3. The van der Waals surface area contributed by atoms with Crippen molar-refractivity contribution in [2.24, 2.45) is 0 Å². The highest BCUT2D eigenvalue weighted by atomic mass is 16.4. The molecule has 0 bridgehead atoms. The maximum atomic E-state index is 10.7. The first-order chi connectivity index (χ1) is 14.7. The molecular weight excluding hydrogens is 376 g/mol. The molecule has 0 spiro atoms. The summed E-state index contributed by atoms with van der Waals surface area (Å²) in [6, 6.07) is 26.8. The molecule has 1 aromatic heterocycles. The van der Waals surface area contributed by atoms with Crippen molar-refractivity contribution in [3.05, 3.63) is 96.6 Å². The van der Waals surface area contributed by atoms with Crippen molar-refractivity contribution >= 4 is 23.7 Å². The molecule has 0 atom stereocenters. The highest BCUT2D eigenvalue weighted by Crippen LogP contribution is 2.23. The molecule has 0 aliphatic rings. The fraction of sp³-hybridized carbons (Fsp3) is 0. The van der Waals surface area contributed by atoms with E-state index in [-0.39, 0.29) is 0 Å². The zero-order chi connectivity index (χ0) is 20.8. The Bertz CT molecular complexity index is 1120. The lowest BCUT2D eigenvalue weighted by molar-refractivity contribution is -0.131. The molecule has 30 heavy (non-hydrogen) atoms. The van der Waals surface area contributed by atoms with Crippen LogP contribution >= 0.6 is 0 Å². The quantitative estimate of drug-likeness (QED) is 0.445. The molecule has 0 saturated heterocycles. The number of hydrogen-bond donors (Lipinski definition) is 2. The Morgan fingerprint density at radius 1 is 0.733 bits per heavy atom. The summed E-state index contributed by atoms with van der Waals surface area (Å²) in [5.41, 5.74) is 3.36. The van der Waals surface area contributed by atoms with Crippen LogP contribution in [-0.2, 0) is 4.79 Å². The lowest BCUT2D eigenvalue weighted by Gasteiger charge is -2.10. The van der Waals surface area contributed by atoms with Crippen LogP contribution in [0.25, 0.3) is 28.9 Å². The van der Waals surface area contributed by atoms with E-state index in [1.165, 1.54) is 6.08 Å². The maximum Gasteiger partial charge on any atom is 0.328 e. The predicted molar refractivity (Wildman–Crippen MR) is 117 cm³/mol. The highest BCUT2D eigenvalue weighted by Gasteiger charge is 2.10. The minimum atomic E-state index is -0.982. The van der Waals surface area contributed by atoms with Crippen LogP contribution in [-0.4, -0.2) is 26.0 Å². The van der Waals surface area contributed by atoms with E-state index in [2.05, 4.69) is 20.3 Å². The summed E-state index contributed by atoms with van der Waals surface area (Å²) in [7, 11) is 0. The van der Waals surface area contributed by atoms with E-state index in [4.69, 9.17) is 5.11 Å². The largest absolute Gasteiger partial charge is 0.478 e. The van der Waals surface area contributed by atoms with Gasteiger partial charge in [0, 0.05) is 22.9 Å². The Morgan fingerprint density at radius 2 is 1.27 bits per heavy atom. The van der Waals surface area contributed by atoms with Gasteiger partial charge in [0.1, 0.15) is 0 Å². The van der Waals surface area contributed by atoms with Gasteiger partial charge in [0.05, 0.1) is 0 Å². The summed E-state index contributed by atoms with van der Waals surface area (Å²) in [6.45, 7) is 0. The van der Waals surface area contributed by atoms with Gasteiger partial charge in [0.15, 0.2) is 11.6 Å². The number of rotatable bonds is 6. The van der Waals surface area contributed by atoms with Crippen molar-refractivity contribution in [1.29, 1.82) is 0 Å². The summed E-state index contributed by atoms with van der Waals surface area (Å²) in [5.74, 6) is 0.599. The lowest BCUT2D eigenvalue weighted by Crippen LogP contribution is -2.03. The van der Waals surface area contributed by atoms with E-state index in [0.29, 0.717) is 17.6 Å². The third-order valence-electron chi connectivity index (χ3n) is 4.28. The summed E-state index contributed by atoms with van der Waals surface area (Å²) in [4.78, 5) is 24.5. The van der Waals surface area contributed by atoms with Gasteiger partial charge in [-0.25, -0.2) is 9.78 Å². The topological polar surface area (TPSA) is 88.0 Å². The number of carbonyl (C=O) groups is 1. The van der Waals surface area contributed by atoms with Crippen molar-refractivity contribution in [3.8, 4) is 22.8 Å². The van der Waals surface area contributed by atoms with Crippen molar-refractivity contribution < 1.29 is 9.90 Å². The number of carboxylic acid groups (broad SMARTS) is 1. The number of nitrogens with one attached hydrogen (secondary N) is 1. The van der Waals surface area contributed by atoms with Gasteiger partial charge in [-0.1, -0.05) is 72.8 Å². The molecule has 3 aromatic carbocycles. The van der Waals surface area contributed by atoms with Crippen LogP contribution in [0.4, 0.5) is 11.6 Å². The molecule has 0 radical (unpaired) electrons. The number of aromatic nitrogens is 3. The normalized spacial score (nSPS) is 10.8. The Balaban J connectivity index is 1.68. The van der Waals surface area contributed by atoms with Crippen LogP contribution in [0.1, 0.15) is 5.56 Å². The van der Waals surface area contributed by atoms with Crippen molar-refractivity contribution in [1.82, 2.24) is 15.0 Å². The molecule has 0 unspecified atom stereocenters. The van der Waals surface area contributed by atoms with Crippen molar-refractivity contribution in [2.45, 2.75) is 0 Å². The molecule has 4 rings (SSSR count). The molecule has 0 aliphatic carbocycles. The van der Waals surface area contributed by atoms with Crippen molar-refractivity contribution in [3.63, 3.8) is 0 Å². The van der Waals surface area contributed by atoms with Gasteiger partial charge in [0.25, 0.3) is 0 Å². The Labute approximate surface area is 173 Å². The zero-order valence-corrected chi connectivity index (χ0v) is 15.9. The minimum Gasteiger partial charge on any atom is -0.478 e. The van der Waals surface area contributed by atoms with Gasteiger partial charge in [0.2, 0.25) is 5.95 Å². The van der Waals surface area contributed by atoms with Gasteiger partial charge in [-0.05, 0) is 23.8 Å². The summed E-state index contributed by atoms with van der Waals surface area (Å²) < 4.78 is 0. The van der Waals surface area contributed by atoms with Gasteiger partial charge >= 0.3 is 5.97 Å². The average Bonchev–Trinajstić information content (AvgIpc) is 2.79. The van der Waals surface area contributed by atoms with Crippen LogP contribution in [0.3, 0.4) is 0 Å². The second-order valence-corrected chi connectivity index (χ2v) is 6.46. The molecule has 6 heteroatoms. The molecule has 6 nitrogen and oxygen atoms in total. The maximum absolute atomic E-state index is 10.7. The first-order valence-electron chi connectivity index (χ1n) is 9.32. The van der Waals surface area contributed by atoms with E-state index < -0.39 is 5.97 Å². The Hall–Kier alpha value is -4.32. The SMILES string of the molecule is O=C(O)C=Cc1ccc(Nc2nc(-c3ccccc3)nc(-c3ccccc3)n2)cc1. The van der Waals surface area contributed by atoms with Crippen LogP contribution in [0.5, 0.6) is 0 Å². The number of carboxylic acids is 1.